The van der Waals surface area contributed by atoms with E-state index in [-0.39, 0.29) is 5.78 Å². The van der Waals surface area contributed by atoms with E-state index in [0.717, 1.165) is 0 Å². The number of carbonyl (C=O) groups excluding carboxylic acids is 1. The number of methoxy groups -OCH3 is 1. The van der Waals surface area contributed by atoms with Crippen LogP contribution in [-0.4, -0.2) is 27.8 Å². The lowest BCUT2D eigenvalue weighted by Gasteiger charge is -2.04. The van der Waals surface area contributed by atoms with Crippen molar-refractivity contribution in [2.24, 2.45) is 0 Å². The Morgan fingerprint density at radius 2 is 1.87 bits per heavy atom. The smallest absolute Gasteiger partial charge is 0.241 e. The quantitative estimate of drug-likeness (QED) is 0.687. The molecule has 0 spiro atoms. The van der Waals surface area contributed by atoms with Crippen LogP contribution in [0, 0.1) is 0 Å². The number of ether oxygens (including phenoxy) is 1. The summed E-state index contributed by atoms with van der Waals surface area (Å²) in [5.41, 5.74) is 1.49. The second-order valence-electron chi connectivity index (χ2n) is 2.99. The van der Waals surface area contributed by atoms with Gasteiger partial charge in [0.05, 0.1) is 12.7 Å². The molecule has 15 heavy (non-hydrogen) atoms. The van der Waals surface area contributed by atoms with Gasteiger partial charge in [-0.2, -0.15) is 0 Å². The van der Waals surface area contributed by atoms with Crippen LogP contribution in [0.4, 0.5) is 0 Å². The zero-order chi connectivity index (χ0) is 10.8. The van der Waals surface area contributed by atoms with Crippen molar-refractivity contribution in [1.82, 2.24) is 15.0 Å². The molecule has 0 bridgehead atoms. The molecule has 0 saturated heterocycles. The van der Waals surface area contributed by atoms with E-state index in [0.29, 0.717) is 22.5 Å². The molecule has 2 rings (SSSR count). The lowest BCUT2D eigenvalue weighted by atomic mass is 10.2. The summed E-state index contributed by atoms with van der Waals surface area (Å²) in [7, 11) is 1.50. The molecule has 0 fully saturated rings. The molecule has 0 N–H and O–H groups in total. The van der Waals surface area contributed by atoms with Crippen molar-refractivity contribution in [3.63, 3.8) is 0 Å². The lowest BCUT2D eigenvalue weighted by molar-refractivity contribution is 0.101. The molecular weight excluding hydrogens is 194 g/mol. The Kier molecular flexibility index (Phi) is 2.29. The Hall–Kier alpha value is -2.04. The molecule has 0 aliphatic heterocycles. The van der Waals surface area contributed by atoms with Crippen molar-refractivity contribution in [3.8, 4) is 5.88 Å². The van der Waals surface area contributed by atoms with E-state index >= 15 is 0 Å². The zero-order valence-corrected chi connectivity index (χ0v) is 8.39. The fourth-order valence-electron chi connectivity index (χ4n) is 1.34. The van der Waals surface area contributed by atoms with Gasteiger partial charge in [-0.1, -0.05) is 0 Å². The Bertz CT molecular complexity index is 525. The molecule has 0 atom stereocenters. The third-order valence-corrected chi connectivity index (χ3v) is 2.04. The number of nitrogens with zero attached hydrogens (tertiary/aromatic N) is 3. The molecule has 0 aliphatic rings. The average Bonchev–Trinajstić information content (AvgIpc) is 2.27. The molecule has 2 aromatic rings. The number of ketones is 1. The summed E-state index contributed by atoms with van der Waals surface area (Å²) in [6.07, 6.45) is 4.53. The van der Waals surface area contributed by atoms with Crippen molar-refractivity contribution >= 4 is 16.8 Å². The van der Waals surface area contributed by atoms with Crippen LogP contribution in [0.3, 0.4) is 0 Å². The molecule has 0 aliphatic carbocycles. The first kappa shape index (κ1) is 9.51. The Labute approximate surface area is 86.1 Å². The summed E-state index contributed by atoms with van der Waals surface area (Å²) in [6, 6.07) is 0. The van der Waals surface area contributed by atoms with Crippen LogP contribution in [0.15, 0.2) is 18.6 Å². The number of rotatable bonds is 2. The SMILES string of the molecule is COc1ncc(C(C)=O)c2nccnc12. The van der Waals surface area contributed by atoms with E-state index in [1.807, 2.05) is 0 Å². The highest BCUT2D eigenvalue weighted by atomic mass is 16.5. The van der Waals surface area contributed by atoms with Gasteiger partial charge in [-0.15, -0.1) is 0 Å². The predicted octanol–water partition coefficient (Wildman–Crippen LogP) is 1.24. The second kappa shape index (κ2) is 3.61. The van der Waals surface area contributed by atoms with E-state index in [4.69, 9.17) is 4.74 Å². The zero-order valence-electron chi connectivity index (χ0n) is 8.39. The van der Waals surface area contributed by atoms with Gasteiger partial charge in [0.15, 0.2) is 11.3 Å². The van der Waals surface area contributed by atoms with Crippen molar-refractivity contribution in [3.05, 3.63) is 24.2 Å². The average molecular weight is 203 g/mol. The fourth-order valence-corrected chi connectivity index (χ4v) is 1.34. The molecular formula is C10H9N3O2. The number of carbonyl (C=O) groups is 1. The van der Waals surface area contributed by atoms with Crippen molar-refractivity contribution in [1.29, 1.82) is 0 Å². The van der Waals surface area contributed by atoms with Gasteiger partial charge < -0.3 is 4.74 Å². The van der Waals surface area contributed by atoms with E-state index < -0.39 is 0 Å². The predicted molar refractivity (Wildman–Crippen MR) is 53.9 cm³/mol. The molecule has 2 aromatic heterocycles. The lowest BCUT2D eigenvalue weighted by Crippen LogP contribution is -2.00. The number of hydrogen-bond donors (Lipinski definition) is 0. The number of fused-ring (bicyclic) bond motifs is 1. The van der Waals surface area contributed by atoms with Crippen molar-refractivity contribution in [2.45, 2.75) is 6.92 Å². The van der Waals surface area contributed by atoms with Gasteiger partial charge in [-0.25, -0.2) is 9.97 Å². The maximum absolute atomic E-state index is 11.3. The summed E-state index contributed by atoms with van der Waals surface area (Å²) in [5.74, 6) is 0.291. The summed E-state index contributed by atoms with van der Waals surface area (Å²) in [4.78, 5) is 23.5. The van der Waals surface area contributed by atoms with Gasteiger partial charge in [0, 0.05) is 18.6 Å². The Balaban J connectivity index is 2.83. The van der Waals surface area contributed by atoms with Gasteiger partial charge in [-0.3, -0.25) is 9.78 Å². The third-order valence-electron chi connectivity index (χ3n) is 2.04. The van der Waals surface area contributed by atoms with Gasteiger partial charge in [0.1, 0.15) is 5.52 Å². The van der Waals surface area contributed by atoms with Crippen LogP contribution in [0.1, 0.15) is 17.3 Å². The van der Waals surface area contributed by atoms with E-state index in [9.17, 15) is 4.79 Å². The van der Waals surface area contributed by atoms with Crippen LogP contribution >= 0.6 is 0 Å². The molecule has 76 valence electrons. The number of Topliss-reactive ketones (excluding diaryl/α,β-unsaturated/α-hetero) is 1. The number of aromatic nitrogens is 3. The van der Waals surface area contributed by atoms with Gasteiger partial charge in [0.25, 0.3) is 0 Å². The van der Waals surface area contributed by atoms with Crippen molar-refractivity contribution in [2.75, 3.05) is 7.11 Å². The normalized spacial score (nSPS) is 10.3. The highest BCUT2D eigenvalue weighted by Crippen LogP contribution is 2.21. The topological polar surface area (TPSA) is 65.0 Å². The van der Waals surface area contributed by atoms with Crippen LogP contribution < -0.4 is 4.74 Å². The molecule has 0 unspecified atom stereocenters. The number of pyridine rings is 1. The standard InChI is InChI=1S/C10H9N3O2/c1-6(14)7-5-13-10(15-2)9-8(7)11-3-4-12-9/h3-5H,1-2H3. The first-order chi connectivity index (χ1) is 7.24. The summed E-state index contributed by atoms with van der Waals surface area (Å²) in [6.45, 7) is 1.47. The fraction of sp³-hybridized carbons (Fsp3) is 0.200. The van der Waals surface area contributed by atoms with E-state index in [1.165, 1.54) is 32.6 Å². The van der Waals surface area contributed by atoms with Crippen LogP contribution in [0.5, 0.6) is 5.88 Å². The molecule has 0 radical (unpaired) electrons. The molecule has 0 amide bonds. The Morgan fingerprint density at radius 1 is 1.20 bits per heavy atom. The highest BCUT2D eigenvalue weighted by Gasteiger charge is 2.12. The molecule has 0 saturated carbocycles. The molecule has 0 aromatic carbocycles. The molecule has 2 heterocycles. The third kappa shape index (κ3) is 1.52. The van der Waals surface area contributed by atoms with Gasteiger partial charge in [-0.05, 0) is 6.92 Å². The molecule has 5 nitrogen and oxygen atoms in total. The maximum Gasteiger partial charge on any atom is 0.241 e. The van der Waals surface area contributed by atoms with Crippen molar-refractivity contribution < 1.29 is 9.53 Å². The monoisotopic (exact) mass is 203 g/mol. The minimum Gasteiger partial charge on any atom is -0.479 e. The van der Waals surface area contributed by atoms with E-state index in [2.05, 4.69) is 15.0 Å². The Morgan fingerprint density at radius 3 is 2.47 bits per heavy atom. The first-order valence-electron chi connectivity index (χ1n) is 4.38. The van der Waals surface area contributed by atoms with E-state index in [1.54, 1.807) is 0 Å². The minimum atomic E-state index is -0.0874. The maximum atomic E-state index is 11.3. The largest absolute Gasteiger partial charge is 0.479 e. The van der Waals surface area contributed by atoms with Gasteiger partial charge in [0.2, 0.25) is 5.88 Å². The first-order valence-corrected chi connectivity index (χ1v) is 4.38. The highest BCUT2D eigenvalue weighted by molar-refractivity contribution is 6.05. The summed E-state index contributed by atoms with van der Waals surface area (Å²) >= 11 is 0. The van der Waals surface area contributed by atoms with Crippen LogP contribution in [-0.2, 0) is 0 Å². The minimum absolute atomic E-state index is 0.0874. The van der Waals surface area contributed by atoms with Crippen LogP contribution in [0.2, 0.25) is 0 Å². The van der Waals surface area contributed by atoms with Crippen LogP contribution in [0.25, 0.3) is 11.0 Å². The van der Waals surface area contributed by atoms with Gasteiger partial charge >= 0.3 is 0 Å². The molecule has 5 heteroatoms. The second-order valence-corrected chi connectivity index (χ2v) is 2.99. The summed E-state index contributed by atoms with van der Waals surface area (Å²) in [5, 5.41) is 0. The summed E-state index contributed by atoms with van der Waals surface area (Å²) < 4.78 is 5.04. The number of hydrogen-bond acceptors (Lipinski definition) is 5.